The Morgan fingerprint density at radius 1 is 1.15 bits per heavy atom. The second-order valence-corrected chi connectivity index (χ2v) is 5.35. The molecule has 2 rings (SSSR count). The summed E-state index contributed by atoms with van der Waals surface area (Å²) in [6.45, 7) is 5.21. The van der Waals surface area contributed by atoms with Gasteiger partial charge in [0.2, 0.25) is 0 Å². The van der Waals surface area contributed by atoms with Crippen molar-refractivity contribution in [3.05, 3.63) is 48.0 Å². The molecule has 108 valence electrons. The van der Waals surface area contributed by atoms with Gasteiger partial charge in [-0.1, -0.05) is 50.6 Å². The number of aromatic nitrogens is 3. The van der Waals surface area contributed by atoms with E-state index in [0.717, 1.165) is 38.1 Å². The van der Waals surface area contributed by atoms with Gasteiger partial charge in [0.15, 0.2) is 0 Å². The van der Waals surface area contributed by atoms with Gasteiger partial charge in [0.1, 0.15) is 12.2 Å². The lowest BCUT2D eigenvalue weighted by atomic mass is 9.83. The lowest BCUT2D eigenvalue weighted by Crippen LogP contribution is -2.39. The standard InChI is InChI=1S/C16H24N4/c1-3-10-16(17,14-8-6-5-7-9-14)12-15-18-13-19-20(15)11-4-2/h5-9,13H,3-4,10-12,17H2,1-2H3. The third kappa shape index (κ3) is 3.25. The molecule has 0 saturated carbocycles. The Kier molecular flexibility index (Phi) is 4.90. The molecule has 1 aromatic heterocycles. The Morgan fingerprint density at radius 3 is 2.55 bits per heavy atom. The Labute approximate surface area is 121 Å². The van der Waals surface area contributed by atoms with E-state index in [0.29, 0.717) is 0 Å². The summed E-state index contributed by atoms with van der Waals surface area (Å²) in [7, 11) is 0. The second-order valence-electron chi connectivity index (χ2n) is 5.35. The fourth-order valence-corrected chi connectivity index (χ4v) is 2.66. The van der Waals surface area contributed by atoms with Crippen LogP contribution in [0.2, 0.25) is 0 Å². The molecule has 1 atom stereocenters. The molecular formula is C16H24N4. The van der Waals surface area contributed by atoms with Gasteiger partial charge in [-0.3, -0.25) is 4.68 Å². The van der Waals surface area contributed by atoms with Crippen LogP contribution in [0, 0.1) is 0 Å². The summed E-state index contributed by atoms with van der Waals surface area (Å²) in [5.74, 6) is 0.978. The van der Waals surface area contributed by atoms with Crippen molar-refractivity contribution < 1.29 is 0 Å². The van der Waals surface area contributed by atoms with Crippen molar-refractivity contribution >= 4 is 0 Å². The molecule has 0 aliphatic rings. The van der Waals surface area contributed by atoms with Crippen LogP contribution in [0.1, 0.15) is 44.5 Å². The highest BCUT2D eigenvalue weighted by Gasteiger charge is 2.28. The molecule has 0 aliphatic carbocycles. The molecule has 1 heterocycles. The van der Waals surface area contributed by atoms with Crippen LogP contribution < -0.4 is 5.73 Å². The number of nitrogens with zero attached hydrogens (tertiary/aromatic N) is 3. The summed E-state index contributed by atoms with van der Waals surface area (Å²) in [4.78, 5) is 4.40. The van der Waals surface area contributed by atoms with Gasteiger partial charge in [0, 0.05) is 18.5 Å². The Balaban J connectivity index is 2.27. The Hall–Kier alpha value is -1.68. The van der Waals surface area contributed by atoms with E-state index in [1.807, 2.05) is 22.9 Å². The number of nitrogens with two attached hydrogens (primary N) is 1. The van der Waals surface area contributed by atoms with Crippen LogP contribution in [-0.2, 0) is 18.5 Å². The normalized spacial score (nSPS) is 14.2. The highest BCUT2D eigenvalue weighted by atomic mass is 15.3. The molecular weight excluding hydrogens is 248 g/mol. The fourth-order valence-electron chi connectivity index (χ4n) is 2.66. The quantitative estimate of drug-likeness (QED) is 0.843. The van der Waals surface area contributed by atoms with Crippen molar-refractivity contribution in [2.45, 2.75) is 51.6 Å². The lowest BCUT2D eigenvalue weighted by molar-refractivity contribution is 0.380. The number of hydrogen-bond acceptors (Lipinski definition) is 3. The summed E-state index contributed by atoms with van der Waals surface area (Å²) in [6, 6.07) is 10.3. The van der Waals surface area contributed by atoms with Crippen molar-refractivity contribution in [3.63, 3.8) is 0 Å². The van der Waals surface area contributed by atoms with Crippen LogP contribution in [0.15, 0.2) is 36.7 Å². The summed E-state index contributed by atoms with van der Waals surface area (Å²) >= 11 is 0. The molecule has 1 unspecified atom stereocenters. The molecule has 0 spiro atoms. The maximum Gasteiger partial charge on any atom is 0.138 e. The van der Waals surface area contributed by atoms with E-state index in [2.05, 4.69) is 36.1 Å². The zero-order valence-corrected chi connectivity index (χ0v) is 12.4. The number of aryl methyl sites for hydroxylation is 1. The van der Waals surface area contributed by atoms with E-state index in [1.54, 1.807) is 6.33 Å². The minimum atomic E-state index is -0.367. The van der Waals surface area contributed by atoms with Crippen molar-refractivity contribution in [1.29, 1.82) is 0 Å². The largest absolute Gasteiger partial charge is 0.321 e. The van der Waals surface area contributed by atoms with Crippen molar-refractivity contribution in [3.8, 4) is 0 Å². The zero-order chi connectivity index (χ0) is 14.4. The van der Waals surface area contributed by atoms with Crippen LogP contribution >= 0.6 is 0 Å². The lowest BCUT2D eigenvalue weighted by Gasteiger charge is -2.29. The SMILES string of the molecule is CCCn1ncnc1CC(N)(CCC)c1ccccc1. The predicted octanol–water partition coefficient (Wildman–Crippen LogP) is 2.88. The first-order valence-corrected chi connectivity index (χ1v) is 7.40. The molecule has 0 amide bonds. The second kappa shape index (κ2) is 6.66. The molecule has 0 fully saturated rings. The summed E-state index contributed by atoms with van der Waals surface area (Å²) in [5, 5.41) is 4.29. The van der Waals surface area contributed by atoms with Gasteiger partial charge in [0.25, 0.3) is 0 Å². The van der Waals surface area contributed by atoms with E-state index >= 15 is 0 Å². The Bertz CT molecular complexity index is 520. The molecule has 2 aromatic rings. The van der Waals surface area contributed by atoms with E-state index < -0.39 is 0 Å². The fraction of sp³-hybridized carbons (Fsp3) is 0.500. The van der Waals surface area contributed by atoms with Gasteiger partial charge in [-0.15, -0.1) is 0 Å². The number of hydrogen-bond donors (Lipinski definition) is 1. The average Bonchev–Trinajstić information content (AvgIpc) is 2.88. The van der Waals surface area contributed by atoms with Gasteiger partial charge >= 0.3 is 0 Å². The minimum Gasteiger partial charge on any atom is -0.321 e. The van der Waals surface area contributed by atoms with Gasteiger partial charge in [-0.05, 0) is 18.4 Å². The predicted molar refractivity (Wildman–Crippen MR) is 81.2 cm³/mol. The molecule has 20 heavy (non-hydrogen) atoms. The molecule has 4 nitrogen and oxygen atoms in total. The topological polar surface area (TPSA) is 56.7 Å². The molecule has 2 N–H and O–H groups in total. The van der Waals surface area contributed by atoms with Crippen molar-refractivity contribution in [2.24, 2.45) is 5.73 Å². The maximum atomic E-state index is 6.71. The highest BCUT2D eigenvalue weighted by molar-refractivity contribution is 5.25. The first-order chi connectivity index (χ1) is 9.69. The first-order valence-electron chi connectivity index (χ1n) is 7.40. The minimum absolute atomic E-state index is 0.367. The molecule has 1 aromatic carbocycles. The van der Waals surface area contributed by atoms with Gasteiger partial charge in [-0.2, -0.15) is 5.10 Å². The first kappa shape index (κ1) is 14.7. The van der Waals surface area contributed by atoms with Crippen LogP contribution in [-0.4, -0.2) is 14.8 Å². The van der Waals surface area contributed by atoms with E-state index in [4.69, 9.17) is 5.73 Å². The molecule has 0 saturated heterocycles. The summed E-state index contributed by atoms with van der Waals surface area (Å²) in [6.07, 6.45) is 5.39. The summed E-state index contributed by atoms with van der Waals surface area (Å²) < 4.78 is 1.97. The highest BCUT2D eigenvalue weighted by Crippen LogP contribution is 2.27. The van der Waals surface area contributed by atoms with E-state index in [9.17, 15) is 0 Å². The third-order valence-corrected chi connectivity index (χ3v) is 3.65. The number of benzene rings is 1. The van der Waals surface area contributed by atoms with Crippen LogP contribution in [0.5, 0.6) is 0 Å². The number of rotatable bonds is 7. The zero-order valence-electron chi connectivity index (χ0n) is 12.4. The summed E-state index contributed by atoms with van der Waals surface area (Å²) in [5.41, 5.74) is 7.51. The molecule has 0 aliphatic heterocycles. The van der Waals surface area contributed by atoms with Gasteiger partial charge in [-0.25, -0.2) is 4.98 Å². The van der Waals surface area contributed by atoms with Crippen LogP contribution in [0.25, 0.3) is 0 Å². The van der Waals surface area contributed by atoms with Gasteiger partial charge in [0.05, 0.1) is 0 Å². The van der Waals surface area contributed by atoms with Gasteiger partial charge < -0.3 is 5.73 Å². The monoisotopic (exact) mass is 272 g/mol. The van der Waals surface area contributed by atoms with E-state index in [1.165, 1.54) is 5.56 Å². The van der Waals surface area contributed by atoms with Crippen molar-refractivity contribution in [2.75, 3.05) is 0 Å². The maximum absolute atomic E-state index is 6.71. The smallest absolute Gasteiger partial charge is 0.138 e. The molecule has 4 heteroatoms. The van der Waals surface area contributed by atoms with E-state index in [-0.39, 0.29) is 5.54 Å². The molecule has 0 bridgehead atoms. The Morgan fingerprint density at radius 2 is 1.90 bits per heavy atom. The molecule has 0 radical (unpaired) electrons. The van der Waals surface area contributed by atoms with Crippen molar-refractivity contribution in [1.82, 2.24) is 14.8 Å². The average molecular weight is 272 g/mol. The van der Waals surface area contributed by atoms with Crippen LogP contribution in [0.4, 0.5) is 0 Å². The third-order valence-electron chi connectivity index (χ3n) is 3.65. The van der Waals surface area contributed by atoms with Crippen LogP contribution in [0.3, 0.4) is 0 Å².